The highest BCUT2D eigenvalue weighted by Crippen LogP contribution is 2.26. The average molecular weight is 305 g/mol. The van der Waals surface area contributed by atoms with Gasteiger partial charge in [0.1, 0.15) is 11.4 Å². The molecule has 17 heavy (non-hydrogen) atoms. The molecule has 94 valence electrons. The molecule has 0 heterocycles. The molecule has 0 aliphatic rings. The van der Waals surface area contributed by atoms with Gasteiger partial charge in [0, 0.05) is 10.2 Å². The molecule has 0 aromatic heterocycles. The molecule has 1 aromatic rings. The first-order valence-corrected chi connectivity index (χ1v) is 5.73. The average Bonchev–Trinajstić information content (AvgIpc) is 2.11. The van der Waals surface area contributed by atoms with Gasteiger partial charge in [0.15, 0.2) is 0 Å². The molecule has 1 rings (SSSR count). The van der Waals surface area contributed by atoms with Gasteiger partial charge in [0.2, 0.25) is 0 Å². The summed E-state index contributed by atoms with van der Waals surface area (Å²) in [5.41, 5.74) is 5.27. The zero-order valence-electron chi connectivity index (χ0n) is 9.80. The standard InChI is InChI=1S/C11H14BrFN2O2/c1-11(2,3)17-10(16)15-9-5-8(14)6(12)4-7(9)13/h4-5H,14H2,1-3H3,(H,15,16). The number of nitrogen functional groups attached to an aromatic ring is 1. The Bertz CT molecular complexity index is 444. The molecule has 0 spiro atoms. The highest BCUT2D eigenvalue weighted by Gasteiger charge is 2.17. The van der Waals surface area contributed by atoms with Gasteiger partial charge in [-0.15, -0.1) is 0 Å². The lowest BCUT2D eigenvalue weighted by atomic mass is 10.2. The molecule has 4 nitrogen and oxygen atoms in total. The van der Waals surface area contributed by atoms with Gasteiger partial charge in [-0.3, -0.25) is 5.32 Å². The summed E-state index contributed by atoms with van der Waals surface area (Å²) in [6.07, 6.45) is -0.724. The number of anilines is 2. The van der Waals surface area contributed by atoms with E-state index in [9.17, 15) is 9.18 Å². The van der Waals surface area contributed by atoms with E-state index in [4.69, 9.17) is 10.5 Å². The molecule has 0 saturated heterocycles. The molecule has 6 heteroatoms. The zero-order chi connectivity index (χ0) is 13.2. The maximum Gasteiger partial charge on any atom is 0.412 e. The summed E-state index contributed by atoms with van der Waals surface area (Å²) in [7, 11) is 0. The quantitative estimate of drug-likeness (QED) is 0.780. The third-order valence-corrected chi connectivity index (χ3v) is 2.41. The van der Waals surface area contributed by atoms with Crippen molar-refractivity contribution in [2.75, 3.05) is 11.1 Å². The molecule has 0 saturated carbocycles. The molecule has 0 bridgehead atoms. The minimum Gasteiger partial charge on any atom is -0.444 e. The number of benzene rings is 1. The van der Waals surface area contributed by atoms with Gasteiger partial charge in [-0.25, -0.2) is 9.18 Å². The van der Waals surface area contributed by atoms with E-state index in [1.807, 2.05) is 0 Å². The summed E-state index contributed by atoms with van der Waals surface area (Å²) in [4.78, 5) is 11.4. The van der Waals surface area contributed by atoms with Crippen molar-refractivity contribution in [1.82, 2.24) is 0 Å². The van der Waals surface area contributed by atoms with Gasteiger partial charge in [-0.05, 0) is 48.8 Å². The van der Waals surface area contributed by atoms with E-state index in [2.05, 4.69) is 21.2 Å². The van der Waals surface area contributed by atoms with Crippen molar-refractivity contribution in [1.29, 1.82) is 0 Å². The van der Waals surface area contributed by atoms with Crippen LogP contribution >= 0.6 is 15.9 Å². The van der Waals surface area contributed by atoms with Crippen molar-refractivity contribution in [3.05, 3.63) is 22.4 Å². The van der Waals surface area contributed by atoms with Crippen molar-refractivity contribution in [3.63, 3.8) is 0 Å². The van der Waals surface area contributed by atoms with Crippen LogP contribution in [0.25, 0.3) is 0 Å². The van der Waals surface area contributed by atoms with Crippen LogP contribution in [0.1, 0.15) is 20.8 Å². The molecule has 0 aliphatic heterocycles. The second kappa shape index (κ2) is 4.91. The molecule has 0 aliphatic carbocycles. The Morgan fingerprint density at radius 2 is 2.06 bits per heavy atom. The Morgan fingerprint density at radius 3 is 2.59 bits per heavy atom. The maximum atomic E-state index is 13.5. The van der Waals surface area contributed by atoms with Gasteiger partial charge < -0.3 is 10.5 Å². The van der Waals surface area contributed by atoms with E-state index in [-0.39, 0.29) is 5.69 Å². The number of nitrogens with two attached hydrogens (primary N) is 1. The Morgan fingerprint density at radius 1 is 1.47 bits per heavy atom. The van der Waals surface area contributed by atoms with Crippen molar-refractivity contribution >= 4 is 33.4 Å². The summed E-state index contributed by atoms with van der Waals surface area (Å²) >= 11 is 3.09. The van der Waals surface area contributed by atoms with Crippen LogP contribution < -0.4 is 11.1 Å². The summed E-state index contributed by atoms with van der Waals surface area (Å²) in [6.45, 7) is 5.16. The van der Waals surface area contributed by atoms with E-state index in [0.717, 1.165) is 0 Å². The largest absolute Gasteiger partial charge is 0.444 e. The van der Waals surface area contributed by atoms with Crippen molar-refractivity contribution in [2.24, 2.45) is 0 Å². The molecule has 0 radical (unpaired) electrons. The number of amides is 1. The zero-order valence-corrected chi connectivity index (χ0v) is 11.4. The van der Waals surface area contributed by atoms with E-state index in [0.29, 0.717) is 10.2 Å². The molecule has 1 amide bonds. The summed E-state index contributed by atoms with van der Waals surface area (Å²) < 4.78 is 18.9. The number of hydrogen-bond donors (Lipinski definition) is 2. The Labute approximate surface area is 107 Å². The fourth-order valence-corrected chi connectivity index (χ4v) is 1.39. The van der Waals surface area contributed by atoms with Gasteiger partial charge in [0.05, 0.1) is 5.69 Å². The van der Waals surface area contributed by atoms with E-state index in [1.165, 1.54) is 12.1 Å². The number of rotatable bonds is 1. The monoisotopic (exact) mass is 304 g/mol. The highest BCUT2D eigenvalue weighted by atomic mass is 79.9. The summed E-state index contributed by atoms with van der Waals surface area (Å²) in [5.74, 6) is -0.586. The molecule has 3 N–H and O–H groups in total. The lowest BCUT2D eigenvalue weighted by Crippen LogP contribution is -2.27. The Kier molecular flexibility index (Phi) is 3.98. The summed E-state index contributed by atoms with van der Waals surface area (Å²) in [5, 5.41) is 2.30. The van der Waals surface area contributed by atoms with Crippen LogP contribution in [-0.4, -0.2) is 11.7 Å². The van der Waals surface area contributed by atoms with Gasteiger partial charge in [0.25, 0.3) is 0 Å². The second-order valence-electron chi connectivity index (χ2n) is 4.48. The molecule has 0 fully saturated rings. The predicted octanol–water partition coefficient (Wildman–Crippen LogP) is 3.52. The van der Waals surface area contributed by atoms with Crippen molar-refractivity contribution in [2.45, 2.75) is 26.4 Å². The number of nitrogens with one attached hydrogen (secondary N) is 1. The van der Waals surface area contributed by atoms with Crippen LogP contribution in [-0.2, 0) is 4.74 Å². The maximum absolute atomic E-state index is 13.5. The van der Waals surface area contributed by atoms with Crippen LogP contribution in [0.2, 0.25) is 0 Å². The van der Waals surface area contributed by atoms with Crippen molar-refractivity contribution < 1.29 is 13.9 Å². The molecule has 0 atom stereocenters. The topological polar surface area (TPSA) is 64.3 Å². The first-order valence-electron chi connectivity index (χ1n) is 4.93. The van der Waals surface area contributed by atoms with Crippen molar-refractivity contribution in [3.8, 4) is 0 Å². The van der Waals surface area contributed by atoms with E-state index in [1.54, 1.807) is 20.8 Å². The van der Waals surface area contributed by atoms with Crippen LogP contribution in [0.4, 0.5) is 20.6 Å². The Balaban J connectivity index is 2.82. The third kappa shape index (κ3) is 4.22. The normalized spacial score (nSPS) is 11.1. The number of halogens is 2. The second-order valence-corrected chi connectivity index (χ2v) is 5.33. The minimum atomic E-state index is -0.724. The van der Waals surface area contributed by atoms with Gasteiger partial charge in [-0.2, -0.15) is 0 Å². The number of carbonyl (C=O) groups excluding carboxylic acids is 1. The third-order valence-electron chi connectivity index (χ3n) is 1.72. The molecule has 1 aromatic carbocycles. The lowest BCUT2D eigenvalue weighted by Gasteiger charge is -2.20. The first-order chi connectivity index (χ1) is 7.69. The Hall–Kier alpha value is -1.30. The molecular weight excluding hydrogens is 291 g/mol. The molecular formula is C11H14BrFN2O2. The molecule has 0 unspecified atom stereocenters. The number of ether oxygens (including phenoxy) is 1. The van der Waals surface area contributed by atoms with Crippen LogP contribution in [0, 0.1) is 5.82 Å². The fraction of sp³-hybridized carbons (Fsp3) is 0.364. The van der Waals surface area contributed by atoms with Gasteiger partial charge >= 0.3 is 6.09 Å². The van der Waals surface area contributed by atoms with Crippen LogP contribution in [0.3, 0.4) is 0 Å². The fourth-order valence-electron chi connectivity index (χ4n) is 1.08. The minimum absolute atomic E-state index is 0.0139. The predicted molar refractivity (Wildman–Crippen MR) is 68.4 cm³/mol. The first kappa shape index (κ1) is 13.8. The van der Waals surface area contributed by atoms with E-state index < -0.39 is 17.5 Å². The number of carbonyl (C=O) groups is 1. The summed E-state index contributed by atoms with van der Waals surface area (Å²) in [6, 6.07) is 2.51. The lowest BCUT2D eigenvalue weighted by molar-refractivity contribution is 0.0635. The van der Waals surface area contributed by atoms with Crippen LogP contribution in [0.5, 0.6) is 0 Å². The SMILES string of the molecule is CC(C)(C)OC(=O)Nc1cc(N)c(Br)cc1F. The van der Waals surface area contributed by atoms with Gasteiger partial charge in [-0.1, -0.05) is 0 Å². The highest BCUT2D eigenvalue weighted by molar-refractivity contribution is 9.10. The van der Waals surface area contributed by atoms with Crippen LogP contribution in [0.15, 0.2) is 16.6 Å². The number of hydrogen-bond acceptors (Lipinski definition) is 3. The smallest absolute Gasteiger partial charge is 0.412 e. The van der Waals surface area contributed by atoms with E-state index >= 15 is 0 Å².